The predicted octanol–water partition coefficient (Wildman–Crippen LogP) is 4.21. The van der Waals surface area contributed by atoms with Crippen LogP contribution >= 0.6 is 23.8 Å². The molecule has 2 unspecified atom stereocenters. The molecule has 5 rings (SSSR count). The lowest BCUT2D eigenvalue weighted by Gasteiger charge is -2.31. The number of halogens is 1. The second-order valence-electron chi connectivity index (χ2n) is 7.95. The highest BCUT2D eigenvalue weighted by Gasteiger charge is 2.32. The third-order valence-corrected chi connectivity index (χ3v) is 6.57. The molecule has 2 atom stereocenters. The molecule has 2 heterocycles. The topological polar surface area (TPSA) is 51.1 Å². The van der Waals surface area contributed by atoms with Crippen molar-refractivity contribution in [3.05, 3.63) is 94.5 Å². The molecule has 3 aromatic rings. The Kier molecular flexibility index (Phi) is 5.59. The van der Waals surface area contributed by atoms with E-state index in [4.69, 9.17) is 28.8 Å². The van der Waals surface area contributed by atoms with Gasteiger partial charge in [0.1, 0.15) is 0 Å². The zero-order valence-corrected chi connectivity index (χ0v) is 19.1. The van der Waals surface area contributed by atoms with Gasteiger partial charge in [0.05, 0.1) is 5.71 Å². The summed E-state index contributed by atoms with van der Waals surface area (Å²) >= 11 is 12.1. The van der Waals surface area contributed by atoms with Gasteiger partial charge in [0.25, 0.3) is 0 Å². The van der Waals surface area contributed by atoms with Crippen LogP contribution in [-0.4, -0.2) is 41.9 Å². The molecule has 2 aliphatic heterocycles. The second-order valence-corrected chi connectivity index (χ2v) is 8.78. The number of likely N-dealkylation sites (N-methyl/N-ethyl adjacent to an activating group) is 1. The number of aliphatic imine (C=N–C) groups is 1. The van der Waals surface area contributed by atoms with Crippen molar-refractivity contribution in [1.29, 1.82) is 0 Å². The van der Waals surface area contributed by atoms with Crippen molar-refractivity contribution in [2.24, 2.45) is 4.99 Å². The van der Waals surface area contributed by atoms with Gasteiger partial charge in [-0.25, -0.2) is 0 Å². The highest BCUT2D eigenvalue weighted by Crippen LogP contribution is 2.32. The summed E-state index contributed by atoms with van der Waals surface area (Å²) in [6.07, 6.45) is -0.651. The minimum atomic E-state index is -0.924. The lowest BCUT2D eigenvalue weighted by Crippen LogP contribution is -2.52. The molecule has 2 N–H and O–H groups in total. The van der Waals surface area contributed by atoms with Crippen molar-refractivity contribution in [2.45, 2.75) is 18.8 Å². The van der Waals surface area contributed by atoms with Crippen LogP contribution < -0.4 is 15.1 Å². The van der Waals surface area contributed by atoms with Gasteiger partial charge >= 0.3 is 0 Å². The van der Waals surface area contributed by atoms with E-state index in [1.54, 1.807) is 0 Å². The first-order valence-corrected chi connectivity index (χ1v) is 11.3. The smallest absolute Gasteiger partial charge is 0.175 e. The highest BCUT2D eigenvalue weighted by atomic mass is 35.5. The van der Waals surface area contributed by atoms with Crippen LogP contribution in [0, 0.1) is 0 Å². The molecule has 0 aliphatic carbocycles. The van der Waals surface area contributed by atoms with Gasteiger partial charge in [-0.05, 0) is 48.5 Å². The molecule has 32 heavy (non-hydrogen) atoms. The van der Waals surface area contributed by atoms with Crippen LogP contribution in [0.25, 0.3) is 0 Å². The zero-order valence-electron chi connectivity index (χ0n) is 17.6. The molecular weight excluding hydrogens is 440 g/mol. The molecular formula is C25H23ClN4OS. The normalized spacial score (nSPS) is 19.7. The second kappa shape index (κ2) is 8.54. The minimum Gasteiger partial charge on any atom is -0.370 e. The largest absolute Gasteiger partial charge is 0.370 e. The molecule has 0 saturated carbocycles. The Bertz CT molecular complexity index is 1200. The highest BCUT2D eigenvalue weighted by molar-refractivity contribution is 7.80. The number of benzene rings is 3. The first-order chi connectivity index (χ1) is 15.5. The number of fused-ring (bicyclic) bond motifs is 2. The SMILES string of the molecule is CN1c2ccc(Cl)cc2C(c2ccccc2)=NC(NC(=S)N2CCc3ccccc32)C1O. The molecule has 7 heteroatoms. The maximum atomic E-state index is 11.2. The number of rotatable bonds is 2. The van der Waals surface area contributed by atoms with E-state index < -0.39 is 12.4 Å². The van der Waals surface area contributed by atoms with E-state index in [-0.39, 0.29) is 0 Å². The van der Waals surface area contributed by atoms with Crippen molar-refractivity contribution in [1.82, 2.24) is 5.32 Å². The van der Waals surface area contributed by atoms with Crippen LogP contribution in [0.2, 0.25) is 5.02 Å². The fraction of sp³-hybridized carbons (Fsp3) is 0.200. The van der Waals surface area contributed by atoms with E-state index >= 15 is 0 Å². The summed E-state index contributed by atoms with van der Waals surface area (Å²) in [4.78, 5) is 8.85. The maximum absolute atomic E-state index is 11.2. The van der Waals surface area contributed by atoms with Gasteiger partial charge in [-0.2, -0.15) is 0 Å². The van der Waals surface area contributed by atoms with Gasteiger partial charge in [-0.1, -0.05) is 60.1 Å². The molecule has 0 aromatic heterocycles. The number of hydrogen-bond donors (Lipinski definition) is 2. The molecule has 0 fully saturated rings. The van der Waals surface area contributed by atoms with Crippen molar-refractivity contribution in [2.75, 3.05) is 23.4 Å². The standard InChI is InChI=1S/C25H23ClN4OS/c1-29-21-12-11-18(26)15-19(21)22(17-8-3-2-4-9-17)27-23(24(29)31)28-25(32)30-14-13-16-7-5-6-10-20(16)30/h2-12,15,23-24,31H,13-14H2,1H3,(H,28,32). The van der Waals surface area contributed by atoms with Gasteiger partial charge < -0.3 is 20.2 Å². The van der Waals surface area contributed by atoms with Crippen molar-refractivity contribution in [3.63, 3.8) is 0 Å². The number of nitrogens with one attached hydrogen (secondary N) is 1. The Hall–Kier alpha value is -2.93. The summed E-state index contributed by atoms with van der Waals surface area (Å²) in [5.74, 6) is 0. The first-order valence-electron chi connectivity index (χ1n) is 10.5. The summed E-state index contributed by atoms with van der Waals surface area (Å²) in [5, 5.41) is 15.7. The van der Waals surface area contributed by atoms with E-state index in [1.165, 1.54) is 5.56 Å². The van der Waals surface area contributed by atoms with Gasteiger partial charge in [0, 0.05) is 41.1 Å². The van der Waals surface area contributed by atoms with Crippen molar-refractivity contribution >= 4 is 46.0 Å². The number of nitrogens with zero attached hydrogens (tertiary/aromatic N) is 3. The number of hydrogen-bond acceptors (Lipinski definition) is 4. The van der Waals surface area contributed by atoms with Crippen molar-refractivity contribution in [3.8, 4) is 0 Å². The van der Waals surface area contributed by atoms with Gasteiger partial charge in [0.2, 0.25) is 0 Å². The van der Waals surface area contributed by atoms with Gasteiger partial charge in [-0.15, -0.1) is 0 Å². The van der Waals surface area contributed by atoms with Gasteiger partial charge in [-0.3, -0.25) is 4.99 Å². The number of thiocarbonyl (C=S) groups is 1. The van der Waals surface area contributed by atoms with E-state index in [0.717, 1.165) is 41.2 Å². The molecule has 0 bridgehead atoms. The fourth-order valence-corrected chi connectivity index (χ4v) is 4.80. The summed E-state index contributed by atoms with van der Waals surface area (Å²) in [5.41, 5.74) is 5.80. The molecule has 162 valence electrons. The zero-order chi connectivity index (χ0) is 22.2. The van der Waals surface area contributed by atoms with E-state index in [2.05, 4.69) is 22.3 Å². The summed E-state index contributed by atoms with van der Waals surface area (Å²) < 4.78 is 0. The molecule has 2 aliphatic rings. The molecule has 0 spiro atoms. The Balaban J connectivity index is 1.54. The number of benzodiazepines with no additional fused rings is 1. The monoisotopic (exact) mass is 462 g/mol. The first kappa shape index (κ1) is 20.9. The predicted molar refractivity (Wildman–Crippen MR) is 135 cm³/mol. The third-order valence-electron chi connectivity index (χ3n) is 5.99. The lowest BCUT2D eigenvalue weighted by atomic mass is 10.0. The summed E-state index contributed by atoms with van der Waals surface area (Å²) in [7, 11) is 1.85. The van der Waals surface area contributed by atoms with E-state index in [0.29, 0.717) is 10.1 Å². The average molecular weight is 463 g/mol. The van der Waals surface area contributed by atoms with Crippen LogP contribution in [0.15, 0.2) is 77.8 Å². The van der Waals surface area contributed by atoms with Crippen LogP contribution in [-0.2, 0) is 6.42 Å². The maximum Gasteiger partial charge on any atom is 0.175 e. The number of para-hydroxylation sites is 1. The lowest BCUT2D eigenvalue weighted by molar-refractivity contribution is 0.141. The molecule has 0 amide bonds. The minimum absolute atomic E-state index is 0.549. The summed E-state index contributed by atoms with van der Waals surface area (Å²) in [6.45, 7) is 0.801. The van der Waals surface area contributed by atoms with Crippen LogP contribution in [0.4, 0.5) is 11.4 Å². The molecule has 0 radical (unpaired) electrons. The van der Waals surface area contributed by atoms with Crippen molar-refractivity contribution < 1.29 is 5.11 Å². The Morgan fingerprint density at radius 1 is 1.06 bits per heavy atom. The van der Waals surface area contributed by atoms with E-state index in [1.807, 2.05) is 72.6 Å². The Morgan fingerprint density at radius 3 is 2.62 bits per heavy atom. The van der Waals surface area contributed by atoms with Crippen LogP contribution in [0.1, 0.15) is 16.7 Å². The summed E-state index contributed by atoms with van der Waals surface area (Å²) in [6, 6.07) is 23.8. The number of anilines is 2. The van der Waals surface area contributed by atoms with Crippen LogP contribution in [0.3, 0.4) is 0 Å². The third kappa shape index (κ3) is 3.75. The fourth-order valence-electron chi connectivity index (χ4n) is 4.32. The number of aliphatic hydroxyl groups excluding tert-OH is 1. The van der Waals surface area contributed by atoms with E-state index in [9.17, 15) is 5.11 Å². The average Bonchev–Trinajstić information content (AvgIpc) is 3.22. The Labute approximate surface area is 198 Å². The molecule has 0 saturated heterocycles. The Morgan fingerprint density at radius 2 is 1.81 bits per heavy atom. The molecule has 5 nitrogen and oxygen atoms in total. The number of aliphatic hydroxyl groups is 1. The molecule has 3 aromatic carbocycles. The van der Waals surface area contributed by atoms with Gasteiger partial charge in [0.15, 0.2) is 17.5 Å². The van der Waals surface area contributed by atoms with Crippen LogP contribution in [0.5, 0.6) is 0 Å². The quantitative estimate of drug-likeness (QED) is 0.559.